The topological polar surface area (TPSA) is 739 Å². The average molecular weight is 1610 g/mol. The highest BCUT2D eigenvalue weighted by Crippen LogP contribution is 2.40. The first-order chi connectivity index (χ1) is 51.9. The van der Waals surface area contributed by atoms with E-state index < -0.39 is 346 Å². The van der Waals surface area contributed by atoms with Gasteiger partial charge in [0.2, 0.25) is 23.6 Å². The SMILES string of the molecule is CC(=O)N[C@@H]1[C@@H](O)[C@H](O[C@@H]2O[C@H](CO)[C@@H](O[C@@H]3O[C@H](CO[C@H]4O[C@H](CO)[C@@H](O)[C@H](O)[C@@H]4O)[C@@H](O)[C@H](O[C@H]4O[C@H](CO)[C@@H](O)[C@H](O)[C@@H]4O[C@@H]4O[C@H](CO)[C@@H](O[C@@H]5O[C@H](CO)[C@H](O)[C@H](O)[C@H]5NC(C)=O)[C@H](O[C@@H]5O[C@@H](C)[C@@H](O)[C@@H](O)[C@@H]5O)[C@H]4NC(C)=O)[C@@H]3O)[C@H](O)[C@H]2NC(C)=O)[C@@H](CO[C@@H]2O[C@@H](C)[C@@H](O)[C@@H](O)[C@@H]2O)O[C@@H]1O. The molecule has 110 heavy (non-hydrogen) atoms. The monoisotopic (exact) mass is 1610 g/mol. The third kappa shape index (κ3) is 19.9. The maximum Gasteiger partial charge on any atom is 0.217 e. The molecule has 0 aromatic carbocycles. The number of aliphatic hydroxyl groups is 23. The molecule has 9 rings (SSSR count). The molecular formula is C62H104N4O44. The molecule has 636 valence electrons. The van der Waals surface area contributed by atoms with E-state index in [2.05, 4.69) is 21.3 Å². The van der Waals surface area contributed by atoms with Gasteiger partial charge in [0, 0.05) is 27.7 Å². The van der Waals surface area contributed by atoms with Gasteiger partial charge in [0.1, 0.15) is 207 Å². The lowest BCUT2D eigenvalue weighted by Gasteiger charge is -2.52. The Hall–Kier alpha value is -3.72. The van der Waals surface area contributed by atoms with Gasteiger partial charge < -0.3 is 219 Å². The summed E-state index contributed by atoms with van der Waals surface area (Å²) in [5, 5.41) is 266. The van der Waals surface area contributed by atoms with Crippen molar-refractivity contribution < 1.29 is 217 Å². The van der Waals surface area contributed by atoms with Crippen LogP contribution in [0.25, 0.3) is 0 Å². The summed E-state index contributed by atoms with van der Waals surface area (Å²) in [5.41, 5.74) is 0. The Balaban J connectivity index is 1.06. The molecule has 0 radical (unpaired) electrons. The molecule has 9 fully saturated rings. The Kier molecular flexibility index (Phi) is 32.0. The predicted octanol–water partition coefficient (Wildman–Crippen LogP) is -18.0. The van der Waals surface area contributed by atoms with Gasteiger partial charge in [0.25, 0.3) is 0 Å². The summed E-state index contributed by atoms with van der Waals surface area (Å²) in [6.45, 7) is -0.963. The summed E-state index contributed by atoms with van der Waals surface area (Å²) in [7, 11) is 0. The lowest BCUT2D eigenvalue weighted by molar-refractivity contribution is -0.401. The van der Waals surface area contributed by atoms with Crippen LogP contribution < -0.4 is 21.3 Å². The van der Waals surface area contributed by atoms with Gasteiger partial charge in [0.15, 0.2) is 56.6 Å². The van der Waals surface area contributed by atoms with Crippen molar-refractivity contribution in [2.45, 2.75) is 318 Å². The molecule has 9 heterocycles. The zero-order valence-electron chi connectivity index (χ0n) is 59.8. The van der Waals surface area contributed by atoms with E-state index in [1.165, 1.54) is 13.8 Å². The van der Waals surface area contributed by atoms with Crippen molar-refractivity contribution in [2.24, 2.45) is 0 Å². The second-order valence-corrected chi connectivity index (χ2v) is 28.2. The minimum Gasteiger partial charge on any atom is -0.394 e. The maximum absolute atomic E-state index is 13.5. The summed E-state index contributed by atoms with van der Waals surface area (Å²) in [6, 6.07) is -7.43. The molecule has 0 aliphatic carbocycles. The largest absolute Gasteiger partial charge is 0.394 e. The van der Waals surface area contributed by atoms with Crippen LogP contribution in [0.4, 0.5) is 0 Å². The van der Waals surface area contributed by atoms with Gasteiger partial charge in [0.05, 0.1) is 58.5 Å². The third-order valence-corrected chi connectivity index (χ3v) is 20.3. The van der Waals surface area contributed by atoms with E-state index in [-0.39, 0.29) is 0 Å². The predicted molar refractivity (Wildman–Crippen MR) is 341 cm³/mol. The fourth-order valence-electron chi connectivity index (χ4n) is 14.2. The number of aliphatic hydroxyl groups excluding tert-OH is 23. The fraction of sp³-hybridized carbons (Fsp3) is 0.935. The molecule has 0 aromatic heterocycles. The van der Waals surface area contributed by atoms with Gasteiger partial charge >= 0.3 is 0 Å². The van der Waals surface area contributed by atoms with Gasteiger partial charge in [-0.25, -0.2) is 0 Å². The highest BCUT2D eigenvalue weighted by atomic mass is 16.8. The number of hydrogen-bond donors (Lipinski definition) is 27. The molecule has 0 aromatic rings. The number of rotatable bonds is 27. The van der Waals surface area contributed by atoms with Gasteiger partial charge in [-0.1, -0.05) is 0 Å². The van der Waals surface area contributed by atoms with E-state index in [0.717, 1.165) is 27.7 Å². The second-order valence-electron chi connectivity index (χ2n) is 28.2. The Morgan fingerprint density at radius 1 is 0.255 bits per heavy atom. The minimum absolute atomic E-state index is 0.817. The van der Waals surface area contributed by atoms with Crippen molar-refractivity contribution in [3.05, 3.63) is 0 Å². The van der Waals surface area contributed by atoms with Gasteiger partial charge in [-0.05, 0) is 13.8 Å². The van der Waals surface area contributed by atoms with Crippen molar-refractivity contribution in [2.75, 3.05) is 46.2 Å². The number of ether oxygens (including phenoxy) is 17. The van der Waals surface area contributed by atoms with E-state index in [4.69, 9.17) is 80.5 Å². The van der Waals surface area contributed by atoms with Crippen molar-refractivity contribution >= 4 is 23.6 Å². The molecule has 0 spiro atoms. The van der Waals surface area contributed by atoms with Crippen LogP contribution in [0.1, 0.15) is 41.5 Å². The highest BCUT2D eigenvalue weighted by molar-refractivity contribution is 5.74. The van der Waals surface area contributed by atoms with E-state index in [1.807, 2.05) is 0 Å². The molecule has 4 amide bonds. The molecular weight excluding hydrogens is 1500 g/mol. The molecule has 48 nitrogen and oxygen atoms in total. The van der Waals surface area contributed by atoms with Gasteiger partial charge in [-0.2, -0.15) is 0 Å². The standard InChI is InChI=1S/C62H104N4O44/c1-14-31(76)40(85)44(89)58(96-14)95-13-26-49(38(83)27(54(93)98-26)63-16(3)72)105-56-29(65-18(5)74)39(84)48(23(10-70)102-56)106-61-47(92)52(36(81)25(104-61)12-94-59-45(90)42(87)34(79)21(8-68)100-59)109-62-53(43(88)35(80)22(9-69)101-62)110-57-30(66-19(6)75)51(108-60-46(91)41(86)32(77)15(2)97-60)50(24(11-71)103-57)107-55-28(64-17(4)73)37(82)33(78)20(7-67)99-55/h14-15,20-62,67-71,76-93H,7-13H2,1-6H3,(H,63,72)(H,64,73)(H,65,74)(H,66,75)/t14-,15-,20+,21+,22+,23+,24+,25+,26+,27+,28+,29+,30+,31+,32+,33-,34+,35+,36+,37+,38+,39+,40+,41+,42-,43-,44-,45-,46-,47-,48+,49+,50+,51+,52-,53-,54-,55-,56-,57-,58+,59-,60-,61-,62+/m0/s1. The fourth-order valence-corrected chi connectivity index (χ4v) is 14.2. The molecule has 48 heteroatoms. The smallest absolute Gasteiger partial charge is 0.217 e. The van der Waals surface area contributed by atoms with Crippen LogP contribution in [-0.2, 0) is 99.7 Å². The van der Waals surface area contributed by atoms with Crippen LogP contribution in [0, 0.1) is 0 Å². The van der Waals surface area contributed by atoms with Crippen LogP contribution in [0.2, 0.25) is 0 Å². The third-order valence-electron chi connectivity index (χ3n) is 20.3. The van der Waals surface area contributed by atoms with E-state index in [9.17, 15) is 137 Å². The number of nitrogens with one attached hydrogen (secondary N) is 4. The van der Waals surface area contributed by atoms with Crippen molar-refractivity contribution in [3.8, 4) is 0 Å². The van der Waals surface area contributed by atoms with Gasteiger partial charge in [-0.3, -0.25) is 19.2 Å². The van der Waals surface area contributed by atoms with Crippen molar-refractivity contribution in [1.29, 1.82) is 0 Å². The summed E-state index contributed by atoms with van der Waals surface area (Å²) in [5.74, 6) is -3.60. The summed E-state index contributed by atoms with van der Waals surface area (Å²) >= 11 is 0. The van der Waals surface area contributed by atoms with Gasteiger partial charge in [-0.15, -0.1) is 0 Å². The molecule has 9 aliphatic rings. The average Bonchev–Trinajstić information content (AvgIpc) is 0.757. The molecule has 9 saturated heterocycles. The first kappa shape index (κ1) is 90.2. The normalized spacial score (nSPS) is 49.6. The van der Waals surface area contributed by atoms with E-state index >= 15 is 0 Å². The maximum atomic E-state index is 13.5. The highest BCUT2D eigenvalue weighted by Gasteiger charge is 2.61. The van der Waals surface area contributed by atoms with E-state index in [0.29, 0.717) is 0 Å². The lowest BCUT2D eigenvalue weighted by Crippen LogP contribution is -2.72. The Labute approximate surface area is 624 Å². The minimum atomic E-state index is -2.54. The number of carbonyl (C=O) groups excluding carboxylic acids is 4. The first-order valence-corrected chi connectivity index (χ1v) is 35.3. The zero-order valence-corrected chi connectivity index (χ0v) is 59.8. The van der Waals surface area contributed by atoms with Crippen LogP contribution >= 0.6 is 0 Å². The molecule has 0 bridgehead atoms. The van der Waals surface area contributed by atoms with Crippen LogP contribution in [0.15, 0.2) is 0 Å². The Morgan fingerprint density at radius 3 is 1.11 bits per heavy atom. The van der Waals surface area contributed by atoms with E-state index in [1.54, 1.807) is 0 Å². The quantitative estimate of drug-likeness (QED) is 0.0363. The molecule has 45 atom stereocenters. The van der Waals surface area contributed by atoms with Crippen molar-refractivity contribution in [3.63, 3.8) is 0 Å². The lowest BCUT2D eigenvalue weighted by atomic mass is 9.93. The number of hydrogen-bond acceptors (Lipinski definition) is 44. The molecule has 9 aliphatic heterocycles. The molecule has 0 unspecified atom stereocenters. The van der Waals surface area contributed by atoms with Crippen LogP contribution in [-0.4, -0.2) is 463 Å². The second kappa shape index (κ2) is 39.0. The number of carbonyl (C=O) groups is 4. The van der Waals surface area contributed by atoms with Crippen LogP contribution in [0.3, 0.4) is 0 Å². The zero-order chi connectivity index (χ0) is 81.1. The molecule has 0 saturated carbocycles. The first-order valence-electron chi connectivity index (χ1n) is 35.3. The van der Waals surface area contributed by atoms with Crippen molar-refractivity contribution in [1.82, 2.24) is 21.3 Å². The molecule has 27 N–H and O–H groups in total. The Morgan fingerprint density at radius 2 is 0.582 bits per heavy atom. The summed E-state index contributed by atoms with van der Waals surface area (Å²) in [6.07, 6.45) is -82.3. The van der Waals surface area contributed by atoms with Crippen LogP contribution in [0.5, 0.6) is 0 Å². The Bertz CT molecular complexity index is 2930. The number of amides is 4. The summed E-state index contributed by atoms with van der Waals surface area (Å²) < 4.78 is 102. The summed E-state index contributed by atoms with van der Waals surface area (Å²) in [4.78, 5) is 51.6.